The highest BCUT2D eigenvalue weighted by Gasteiger charge is 2.30. The van der Waals surface area contributed by atoms with Crippen LogP contribution in [0, 0.1) is 0 Å². The molecule has 0 aromatic carbocycles. The molecule has 0 aliphatic heterocycles. The summed E-state index contributed by atoms with van der Waals surface area (Å²) >= 11 is 1.71. The third-order valence-corrected chi connectivity index (χ3v) is 3.95. The molecule has 0 amide bonds. The van der Waals surface area contributed by atoms with Crippen molar-refractivity contribution in [2.45, 2.75) is 59.0 Å². The number of aromatic nitrogens is 1. The third-order valence-electron chi connectivity index (χ3n) is 2.86. The molecule has 1 unspecified atom stereocenters. The van der Waals surface area contributed by atoms with Crippen LogP contribution in [0.15, 0.2) is 5.38 Å². The van der Waals surface area contributed by atoms with Crippen LogP contribution in [0.25, 0.3) is 0 Å². The predicted octanol–water partition coefficient (Wildman–Crippen LogP) is 4.10. The zero-order chi connectivity index (χ0) is 12.4. The summed E-state index contributed by atoms with van der Waals surface area (Å²) in [5.41, 5.74) is 1.06. The maximum atomic E-state index is 5.84. The predicted molar refractivity (Wildman–Crippen MR) is 70.1 cm³/mol. The van der Waals surface area contributed by atoms with Crippen LogP contribution >= 0.6 is 11.3 Å². The Morgan fingerprint density at radius 3 is 2.25 bits per heavy atom. The second-order valence-electron chi connectivity index (χ2n) is 5.31. The van der Waals surface area contributed by atoms with Crippen LogP contribution in [0.1, 0.15) is 58.7 Å². The van der Waals surface area contributed by atoms with Gasteiger partial charge in [-0.2, -0.15) is 0 Å². The van der Waals surface area contributed by atoms with Gasteiger partial charge >= 0.3 is 0 Å². The molecule has 0 radical (unpaired) electrons. The Morgan fingerprint density at radius 1 is 1.25 bits per heavy atom. The van der Waals surface area contributed by atoms with Crippen molar-refractivity contribution in [3.05, 3.63) is 16.1 Å². The van der Waals surface area contributed by atoms with E-state index >= 15 is 0 Å². The van der Waals surface area contributed by atoms with Crippen molar-refractivity contribution in [3.8, 4) is 0 Å². The first kappa shape index (κ1) is 13.7. The lowest BCUT2D eigenvalue weighted by molar-refractivity contribution is -0.0326. The molecule has 1 heterocycles. The Morgan fingerprint density at radius 2 is 1.88 bits per heavy atom. The first-order chi connectivity index (χ1) is 7.33. The van der Waals surface area contributed by atoms with Gasteiger partial charge in [-0.05, 0) is 20.3 Å². The third kappa shape index (κ3) is 2.83. The smallest absolute Gasteiger partial charge is 0.125 e. The largest absolute Gasteiger partial charge is 0.368 e. The van der Waals surface area contributed by atoms with Crippen LogP contribution in [0.3, 0.4) is 0 Å². The molecule has 1 aromatic heterocycles. The minimum atomic E-state index is -0.219. The summed E-state index contributed by atoms with van der Waals surface area (Å²) < 4.78 is 5.84. The summed E-state index contributed by atoms with van der Waals surface area (Å²) in [6.45, 7) is 13.6. The molecule has 1 rings (SSSR count). The van der Waals surface area contributed by atoms with Gasteiger partial charge in [-0.15, -0.1) is 11.3 Å². The minimum Gasteiger partial charge on any atom is -0.368 e. The topological polar surface area (TPSA) is 22.1 Å². The van der Waals surface area contributed by atoms with Crippen molar-refractivity contribution < 1.29 is 4.74 Å². The van der Waals surface area contributed by atoms with Crippen LogP contribution in [0.5, 0.6) is 0 Å². The quantitative estimate of drug-likeness (QED) is 0.791. The van der Waals surface area contributed by atoms with Gasteiger partial charge in [-0.3, -0.25) is 0 Å². The summed E-state index contributed by atoms with van der Waals surface area (Å²) in [6.07, 6.45) is 0.956. The molecule has 16 heavy (non-hydrogen) atoms. The Bertz CT molecular complexity index is 340. The van der Waals surface area contributed by atoms with Crippen molar-refractivity contribution in [3.63, 3.8) is 0 Å². The first-order valence-electron chi connectivity index (χ1n) is 5.94. The molecule has 1 atom stereocenters. The molecule has 0 bridgehead atoms. The van der Waals surface area contributed by atoms with Gasteiger partial charge in [-0.1, -0.05) is 27.7 Å². The number of nitrogens with zero attached hydrogens (tertiary/aromatic N) is 1. The van der Waals surface area contributed by atoms with Crippen LogP contribution in [0.4, 0.5) is 0 Å². The lowest BCUT2D eigenvalue weighted by atomic mass is 9.93. The van der Waals surface area contributed by atoms with Crippen LogP contribution < -0.4 is 0 Å². The van der Waals surface area contributed by atoms with E-state index in [0.29, 0.717) is 0 Å². The molecular weight excluding hydrogens is 218 g/mol. The molecule has 2 nitrogen and oxygen atoms in total. The molecule has 0 aliphatic rings. The normalized spacial score (nSPS) is 16.1. The molecule has 3 heteroatoms. The van der Waals surface area contributed by atoms with Gasteiger partial charge in [0.1, 0.15) is 10.6 Å². The monoisotopic (exact) mass is 241 g/mol. The highest BCUT2D eigenvalue weighted by Crippen LogP contribution is 2.34. The summed E-state index contributed by atoms with van der Waals surface area (Å²) in [7, 11) is 0. The molecule has 0 N–H and O–H groups in total. The zero-order valence-corrected chi connectivity index (χ0v) is 12.1. The molecule has 0 spiro atoms. The minimum absolute atomic E-state index is 0.121. The number of thiazole rings is 1. The fraction of sp³-hybridized carbons (Fsp3) is 0.769. The summed E-state index contributed by atoms with van der Waals surface area (Å²) in [4.78, 5) is 4.74. The number of ether oxygens (including phenoxy) is 1. The molecular formula is C13H23NOS. The maximum Gasteiger partial charge on any atom is 0.125 e. The van der Waals surface area contributed by atoms with Gasteiger partial charge < -0.3 is 4.74 Å². The van der Waals surface area contributed by atoms with E-state index in [-0.39, 0.29) is 11.0 Å². The SMILES string of the molecule is CCOC(C)(CC)c1nc(C(C)(C)C)cs1. The molecule has 0 fully saturated rings. The van der Waals surface area contributed by atoms with E-state index in [9.17, 15) is 0 Å². The highest BCUT2D eigenvalue weighted by atomic mass is 32.1. The molecule has 0 aliphatic carbocycles. The van der Waals surface area contributed by atoms with Crippen molar-refractivity contribution in [2.24, 2.45) is 0 Å². The standard InChI is InChI=1S/C13H23NOS/c1-7-13(6,15-8-2)11-14-10(9-16-11)12(3,4)5/h9H,7-8H2,1-6H3. The van der Waals surface area contributed by atoms with Gasteiger partial charge in [-0.25, -0.2) is 4.98 Å². The lowest BCUT2D eigenvalue weighted by Crippen LogP contribution is -2.25. The maximum absolute atomic E-state index is 5.84. The van der Waals surface area contributed by atoms with Gasteiger partial charge in [0.15, 0.2) is 0 Å². The van der Waals surface area contributed by atoms with Crippen LogP contribution in [0.2, 0.25) is 0 Å². The summed E-state index contributed by atoms with van der Waals surface area (Å²) in [6, 6.07) is 0. The van der Waals surface area contributed by atoms with Crippen molar-refractivity contribution >= 4 is 11.3 Å². The second-order valence-corrected chi connectivity index (χ2v) is 6.16. The molecule has 0 saturated carbocycles. The highest BCUT2D eigenvalue weighted by molar-refractivity contribution is 7.09. The Kier molecular flexibility index (Phi) is 4.13. The number of rotatable bonds is 4. The fourth-order valence-corrected chi connectivity index (χ4v) is 2.73. The van der Waals surface area contributed by atoms with E-state index in [1.54, 1.807) is 11.3 Å². The average Bonchev–Trinajstić information content (AvgIpc) is 2.66. The molecule has 92 valence electrons. The van der Waals surface area contributed by atoms with Gasteiger partial charge in [0.25, 0.3) is 0 Å². The first-order valence-corrected chi connectivity index (χ1v) is 6.82. The van der Waals surface area contributed by atoms with E-state index < -0.39 is 0 Å². The summed E-state index contributed by atoms with van der Waals surface area (Å²) in [5, 5.41) is 3.25. The Balaban J connectivity index is 3.00. The van der Waals surface area contributed by atoms with Gasteiger partial charge in [0, 0.05) is 17.4 Å². The van der Waals surface area contributed by atoms with Crippen molar-refractivity contribution in [2.75, 3.05) is 6.61 Å². The Hall–Kier alpha value is -0.410. The van der Waals surface area contributed by atoms with E-state index in [0.717, 1.165) is 23.7 Å². The van der Waals surface area contributed by atoms with Crippen LogP contribution in [-0.2, 0) is 15.8 Å². The molecule has 0 saturated heterocycles. The van der Waals surface area contributed by atoms with Crippen LogP contribution in [-0.4, -0.2) is 11.6 Å². The van der Waals surface area contributed by atoms with E-state index in [2.05, 4.69) is 40.0 Å². The fourth-order valence-electron chi connectivity index (χ4n) is 1.49. The lowest BCUT2D eigenvalue weighted by Gasteiger charge is -2.26. The van der Waals surface area contributed by atoms with Crippen molar-refractivity contribution in [1.29, 1.82) is 0 Å². The average molecular weight is 241 g/mol. The van der Waals surface area contributed by atoms with Crippen molar-refractivity contribution in [1.82, 2.24) is 4.98 Å². The van der Waals surface area contributed by atoms with E-state index in [4.69, 9.17) is 9.72 Å². The number of hydrogen-bond acceptors (Lipinski definition) is 3. The Labute approximate surface area is 103 Å². The van der Waals surface area contributed by atoms with Gasteiger partial charge in [0.05, 0.1) is 5.69 Å². The van der Waals surface area contributed by atoms with Gasteiger partial charge in [0.2, 0.25) is 0 Å². The number of hydrogen-bond donors (Lipinski definition) is 0. The summed E-state index contributed by atoms with van der Waals surface area (Å²) in [5.74, 6) is 0. The van der Waals surface area contributed by atoms with E-state index in [1.807, 2.05) is 6.92 Å². The zero-order valence-electron chi connectivity index (χ0n) is 11.3. The molecule has 1 aromatic rings. The second kappa shape index (κ2) is 4.84. The van der Waals surface area contributed by atoms with E-state index in [1.165, 1.54) is 0 Å².